The van der Waals surface area contributed by atoms with Gasteiger partial charge in [-0.05, 0) is 49.7 Å². The molecule has 1 heterocycles. The van der Waals surface area contributed by atoms with Crippen molar-refractivity contribution in [3.05, 3.63) is 0 Å². The van der Waals surface area contributed by atoms with Gasteiger partial charge in [0.15, 0.2) is 14.1 Å². The molecule has 37 heavy (non-hydrogen) atoms. The summed E-state index contributed by atoms with van der Waals surface area (Å²) < 4.78 is 19.3. The van der Waals surface area contributed by atoms with Crippen LogP contribution in [0.25, 0.3) is 0 Å². The zero-order valence-electron chi connectivity index (χ0n) is 24.7. The van der Waals surface area contributed by atoms with Gasteiger partial charge in [0.05, 0.1) is 19.3 Å². The highest BCUT2D eigenvalue weighted by Gasteiger charge is 2.48. The molecule has 0 aromatic heterocycles. The fourth-order valence-electron chi connectivity index (χ4n) is 5.73. The maximum absolute atomic E-state index is 13.3. The van der Waals surface area contributed by atoms with Crippen molar-refractivity contribution >= 4 is 20.1 Å². The smallest absolute Gasteiger partial charge is 0.303 e. The van der Waals surface area contributed by atoms with E-state index in [9.17, 15) is 9.59 Å². The minimum atomic E-state index is -2.01. The lowest BCUT2D eigenvalue weighted by atomic mass is 9.84. The van der Waals surface area contributed by atoms with Gasteiger partial charge in [-0.2, -0.15) is 0 Å². The molecule has 0 aromatic carbocycles. The molecular formula is C30H56O6Si. The van der Waals surface area contributed by atoms with Crippen molar-refractivity contribution in [3.63, 3.8) is 0 Å². The molecule has 216 valence electrons. The van der Waals surface area contributed by atoms with E-state index < -0.39 is 20.1 Å². The highest BCUT2D eigenvalue weighted by atomic mass is 28.4. The van der Waals surface area contributed by atoms with Crippen LogP contribution >= 0.6 is 0 Å². The van der Waals surface area contributed by atoms with Gasteiger partial charge in [-0.1, -0.05) is 72.6 Å². The first-order valence-electron chi connectivity index (χ1n) is 15.1. The molecule has 7 heteroatoms. The van der Waals surface area contributed by atoms with Gasteiger partial charge in [-0.15, -0.1) is 0 Å². The molecule has 3 atom stereocenters. The van der Waals surface area contributed by atoms with E-state index in [1.165, 1.54) is 25.7 Å². The van der Waals surface area contributed by atoms with Crippen LogP contribution in [0.15, 0.2) is 0 Å². The molecule has 0 aromatic rings. The third-order valence-electron chi connectivity index (χ3n) is 9.05. The van der Waals surface area contributed by atoms with Gasteiger partial charge in [0.25, 0.3) is 0 Å². The Labute approximate surface area is 227 Å². The zero-order chi connectivity index (χ0) is 27.5. The number of carbonyl (C=O) groups excluding carboxylic acids is 1. The van der Waals surface area contributed by atoms with Crippen molar-refractivity contribution in [2.45, 2.75) is 154 Å². The first-order chi connectivity index (χ1) is 17.4. The molecule has 2 unspecified atom stereocenters. The van der Waals surface area contributed by atoms with Gasteiger partial charge >= 0.3 is 5.97 Å². The fourth-order valence-corrected chi connectivity index (χ4v) is 7.10. The van der Waals surface area contributed by atoms with Crippen LogP contribution in [0.3, 0.4) is 0 Å². The van der Waals surface area contributed by atoms with Gasteiger partial charge in [-0.25, -0.2) is 0 Å². The van der Waals surface area contributed by atoms with Crippen LogP contribution in [0, 0.1) is 11.8 Å². The zero-order valence-corrected chi connectivity index (χ0v) is 25.7. The summed E-state index contributed by atoms with van der Waals surface area (Å²) in [4.78, 5) is 24.1. The van der Waals surface area contributed by atoms with Gasteiger partial charge in [0, 0.05) is 31.6 Å². The summed E-state index contributed by atoms with van der Waals surface area (Å²) in [6, 6.07) is 0. The third kappa shape index (κ3) is 10.4. The van der Waals surface area contributed by atoms with Gasteiger partial charge in [0.2, 0.25) is 0 Å². The molecule has 6 nitrogen and oxygen atoms in total. The monoisotopic (exact) mass is 540 g/mol. The maximum Gasteiger partial charge on any atom is 0.303 e. The Morgan fingerprint density at radius 1 is 0.973 bits per heavy atom. The van der Waals surface area contributed by atoms with Crippen LogP contribution in [-0.2, 0) is 23.5 Å². The number of hydrogen-bond acceptors (Lipinski definition) is 5. The second-order valence-corrected chi connectivity index (χ2v) is 17.8. The van der Waals surface area contributed by atoms with E-state index in [1.807, 2.05) is 0 Å². The summed E-state index contributed by atoms with van der Waals surface area (Å²) in [5.41, 5.74) is 0. The number of aliphatic carboxylic acids is 1. The Kier molecular flexibility index (Phi) is 13.3. The summed E-state index contributed by atoms with van der Waals surface area (Å²) in [5, 5.41) is 8.97. The number of carboxylic acid groups (broad SMARTS) is 1. The largest absolute Gasteiger partial charge is 0.481 e. The summed E-state index contributed by atoms with van der Waals surface area (Å²) in [6.07, 6.45) is 13.9. The van der Waals surface area contributed by atoms with E-state index in [-0.39, 0.29) is 29.4 Å². The molecule has 2 aliphatic rings. The molecule has 0 radical (unpaired) electrons. The van der Waals surface area contributed by atoms with Crippen LogP contribution in [-0.4, -0.2) is 50.3 Å². The molecule has 0 bridgehead atoms. The highest BCUT2D eigenvalue weighted by Crippen LogP contribution is 2.45. The summed E-state index contributed by atoms with van der Waals surface area (Å²) >= 11 is 0. The molecule has 2 rings (SSSR count). The van der Waals surface area contributed by atoms with Crippen LogP contribution < -0.4 is 0 Å². The predicted octanol–water partition coefficient (Wildman–Crippen LogP) is 7.89. The molecule has 0 amide bonds. The quantitative estimate of drug-likeness (QED) is 0.141. The lowest BCUT2D eigenvalue weighted by molar-refractivity contribution is -0.171. The van der Waals surface area contributed by atoms with Gasteiger partial charge in [-0.3, -0.25) is 9.59 Å². The first kappa shape index (κ1) is 32.4. The Morgan fingerprint density at radius 2 is 1.59 bits per heavy atom. The number of carboxylic acids is 1. The average molecular weight is 541 g/mol. The van der Waals surface area contributed by atoms with E-state index >= 15 is 0 Å². The van der Waals surface area contributed by atoms with E-state index in [0.29, 0.717) is 31.8 Å². The standard InChI is InChI=1S/C30H56O6Si/c1-7-8-9-12-15-19-30(34-21-22-35-30)20-18-25-24(16-13-10-11-14-17-28(32)33)26(31)23-27(25)36-37(5,6)29(2,3)4/h24-25,27H,7-23H2,1-6H3,(H,32,33)/t24?,25-,27?/m1/s1. The maximum atomic E-state index is 13.3. The SMILES string of the molecule is CCCCCCCC1(CC[C@H]2C(O[Si](C)(C)C(C)(C)C)CC(=O)C2CCCCCCC(=O)O)OCCO1. The van der Waals surface area contributed by atoms with Crippen molar-refractivity contribution in [1.29, 1.82) is 0 Å². The lowest BCUT2D eigenvalue weighted by Crippen LogP contribution is -2.45. The Bertz CT molecular complexity index is 695. The number of ketones is 1. The summed E-state index contributed by atoms with van der Waals surface area (Å²) in [6.45, 7) is 14.9. The molecule has 2 fully saturated rings. The van der Waals surface area contributed by atoms with E-state index in [4.69, 9.17) is 19.0 Å². The van der Waals surface area contributed by atoms with E-state index in [0.717, 1.165) is 51.4 Å². The van der Waals surface area contributed by atoms with Crippen LogP contribution in [0.1, 0.15) is 124 Å². The molecule has 1 aliphatic carbocycles. The number of unbranched alkanes of at least 4 members (excludes halogenated alkanes) is 7. The summed E-state index contributed by atoms with van der Waals surface area (Å²) in [7, 11) is -2.01. The normalized spacial score (nSPS) is 24.2. The predicted molar refractivity (Wildman–Crippen MR) is 151 cm³/mol. The highest BCUT2D eigenvalue weighted by molar-refractivity contribution is 6.74. The van der Waals surface area contributed by atoms with Crippen molar-refractivity contribution in [1.82, 2.24) is 0 Å². The van der Waals surface area contributed by atoms with Crippen LogP contribution in [0.5, 0.6) is 0 Å². The van der Waals surface area contributed by atoms with E-state index in [1.54, 1.807) is 0 Å². The average Bonchev–Trinajstić information content (AvgIpc) is 3.38. The van der Waals surface area contributed by atoms with Crippen molar-refractivity contribution in [2.24, 2.45) is 11.8 Å². The van der Waals surface area contributed by atoms with Crippen molar-refractivity contribution in [3.8, 4) is 0 Å². The number of carbonyl (C=O) groups is 2. The topological polar surface area (TPSA) is 82.1 Å². The molecule has 0 spiro atoms. The molecule has 1 aliphatic heterocycles. The molecule has 1 saturated carbocycles. The Hall–Kier alpha value is -0.763. The van der Waals surface area contributed by atoms with Crippen LogP contribution in [0.2, 0.25) is 18.1 Å². The second kappa shape index (κ2) is 15.1. The van der Waals surface area contributed by atoms with Crippen molar-refractivity contribution < 1.29 is 28.6 Å². The number of rotatable bonds is 18. The van der Waals surface area contributed by atoms with Crippen LogP contribution in [0.4, 0.5) is 0 Å². The third-order valence-corrected chi connectivity index (χ3v) is 13.6. The minimum Gasteiger partial charge on any atom is -0.481 e. The van der Waals surface area contributed by atoms with Gasteiger partial charge in [0.1, 0.15) is 5.78 Å². The number of ether oxygens (including phenoxy) is 2. The first-order valence-corrected chi connectivity index (χ1v) is 18.0. The molecular weight excluding hydrogens is 484 g/mol. The minimum absolute atomic E-state index is 0.0200. The number of Topliss-reactive ketones (excluding diaryl/α,β-unsaturated/α-hetero) is 1. The summed E-state index contributed by atoms with van der Waals surface area (Å²) in [5.74, 6) is -0.656. The fraction of sp³-hybridized carbons (Fsp3) is 0.933. The second-order valence-electron chi connectivity index (χ2n) is 13.0. The van der Waals surface area contributed by atoms with Gasteiger partial charge < -0.3 is 19.0 Å². The van der Waals surface area contributed by atoms with Crippen molar-refractivity contribution in [2.75, 3.05) is 13.2 Å². The molecule has 1 saturated heterocycles. The number of hydrogen-bond donors (Lipinski definition) is 1. The lowest BCUT2D eigenvalue weighted by Gasteiger charge is -2.40. The Morgan fingerprint density at radius 3 is 2.22 bits per heavy atom. The Balaban J connectivity index is 2.05. The molecule has 1 N–H and O–H groups in total. The van der Waals surface area contributed by atoms with E-state index in [2.05, 4.69) is 40.8 Å².